The first-order valence-corrected chi connectivity index (χ1v) is 10.6. The standard InChI is InChI=1S/C23H29F2N3O3/c1-5-7-18(29)20(23(2,3)4)27-22(30)19-17-13-31-11-6-10-28(17)21(26-19)14-8-9-15(24)16(25)12-14/h8-9,12,20H,5-7,10-11,13H2,1-4H3,(H,27,30)/t20-/m1/s1. The van der Waals surface area contributed by atoms with Gasteiger partial charge in [0.15, 0.2) is 23.1 Å². The van der Waals surface area contributed by atoms with Crippen LogP contribution in [0.5, 0.6) is 0 Å². The van der Waals surface area contributed by atoms with Crippen molar-refractivity contribution in [3.63, 3.8) is 0 Å². The van der Waals surface area contributed by atoms with Crippen molar-refractivity contribution in [1.82, 2.24) is 14.9 Å². The fourth-order valence-electron chi connectivity index (χ4n) is 3.77. The number of amides is 1. The van der Waals surface area contributed by atoms with E-state index in [1.807, 2.05) is 32.3 Å². The summed E-state index contributed by atoms with van der Waals surface area (Å²) in [5.74, 6) is -2.08. The Hall–Kier alpha value is -2.61. The minimum Gasteiger partial charge on any atom is -0.375 e. The van der Waals surface area contributed by atoms with Crippen LogP contribution < -0.4 is 5.32 Å². The Morgan fingerprint density at radius 3 is 2.65 bits per heavy atom. The number of hydrogen-bond donors (Lipinski definition) is 1. The zero-order valence-corrected chi connectivity index (χ0v) is 18.4. The molecule has 0 unspecified atom stereocenters. The van der Waals surface area contributed by atoms with Gasteiger partial charge in [0.05, 0.1) is 18.3 Å². The van der Waals surface area contributed by atoms with E-state index in [1.165, 1.54) is 6.07 Å². The van der Waals surface area contributed by atoms with E-state index in [1.54, 1.807) is 0 Å². The van der Waals surface area contributed by atoms with E-state index in [2.05, 4.69) is 10.3 Å². The molecular weight excluding hydrogens is 404 g/mol. The van der Waals surface area contributed by atoms with Gasteiger partial charge in [-0.05, 0) is 36.5 Å². The molecule has 1 aromatic heterocycles. The number of halogens is 2. The van der Waals surface area contributed by atoms with Gasteiger partial charge in [0.2, 0.25) is 0 Å². The number of benzene rings is 1. The maximum atomic E-state index is 13.9. The number of Topliss-reactive ketones (excluding diaryl/α,β-unsaturated/α-hetero) is 1. The van der Waals surface area contributed by atoms with Crippen LogP contribution in [0.2, 0.25) is 0 Å². The number of nitrogens with one attached hydrogen (secondary N) is 1. The number of fused-ring (bicyclic) bond motifs is 1. The number of ketones is 1. The fraction of sp³-hybridized carbons (Fsp3) is 0.522. The molecule has 0 aliphatic carbocycles. The molecule has 0 saturated carbocycles. The average Bonchev–Trinajstić information content (AvgIpc) is 2.88. The third-order valence-electron chi connectivity index (χ3n) is 5.33. The zero-order chi connectivity index (χ0) is 22.8. The minimum atomic E-state index is -0.983. The molecule has 2 aromatic rings. The van der Waals surface area contributed by atoms with Crippen LogP contribution in [0.3, 0.4) is 0 Å². The highest BCUT2D eigenvalue weighted by molar-refractivity contribution is 5.98. The van der Waals surface area contributed by atoms with Crippen LogP contribution in [-0.2, 0) is 22.7 Å². The molecular formula is C23H29F2N3O3. The monoisotopic (exact) mass is 433 g/mol. The fourth-order valence-corrected chi connectivity index (χ4v) is 3.77. The Balaban J connectivity index is 2.02. The highest BCUT2D eigenvalue weighted by Gasteiger charge is 2.34. The number of carbonyl (C=O) groups excluding carboxylic acids is 2. The Labute approximate surface area is 181 Å². The third kappa shape index (κ3) is 5.01. The van der Waals surface area contributed by atoms with E-state index < -0.39 is 29.0 Å². The molecule has 1 amide bonds. The molecule has 1 aromatic carbocycles. The highest BCUT2D eigenvalue weighted by atomic mass is 19.2. The van der Waals surface area contributed by atoms with Crippen LogP contribution in [0.4, 0.5) is 8.78 Å². The summed E-state index contributed by atoms with van der Waals surface area (Å²) in [6.07, 6.45) is 1.75. The largest absolute Gasteiger partial charge is 0.375 e. The first-order chi connectivity index (χ1) is 14.6. The van der Waals surface area contributed by atoms with Gasteiger partial charge in [-0.25, -0.2) is 13.8 Å². The van der Waals surface area contributed by atoms with Gasteiger partial charge in [-0.15, -0.1) is 0 Å². The van der Waals surface area contributed by atoms with E-state index in [9.17, 15) is 18.4 Å². The number of nitrogens with zero attached hydrogens (tertiary/aromatic N) is 2. The van der Waals surface area contributed by atoms with Gasteiger partial charge in [-0.2, -0.15) is 0 Å². The second kappa shape index (κ2) is 9.26. The van der Waals surface area contributed by atoms with Crippen molar-refractivity contribution < 1.29 is 23.1 Å². The number of imidazole rings is 1. The Morgan fingerprint density at radius 1 is 1.26 bits per heavy atom. The van der Waals surface area contributed by atoms with Gasteiger partial charge in [0, 0.05) is 25.1 Å². The molecule has 1 aliphatic rings. The van der Waals surface area contributed by atoms with Crippen LogP contribution in [0.1, 0.15) is 63.1 Å². The number of carbonyl (C=O) groups is 2. The van der Waals surface area contributed by atoms with Crippen molar-refractivity contribution >= 4 is 11.7 Å². The molecule has 168 valence electrons. The predicted molar refractivity (Wildman–Crippen MR) is 112 cm³/mol. The van der Waals surface area contributed by atoms with Crippen LogP contribution in [0.25, 0.3) is 11.4 Å². The van der Waals surface area contributed by atoms with Crippen molar-refractivity contribution in [2.75, 3.05) is 6.61 Å². The predicted octanol–water partition coefficient (Wildman–Crippen LogP) is 4.26. The highest BCUT2D eigenvalue weighted by Crippen LogP contribution is 2.28. The zero-order valence-electron chi connectivity index (χ0n) is 18.4. The van der Waals surface area contributed by atoms with Crippen LogP contribution in [0.15, 0.2) is 18.2 Å². The van der Waals surface area contributed by atoms with Gasteiger partial charge in [-0.1, -0.05) is 27.7 Å². The van der Waals surface area contributed by atoms with E-state index in [-0.39, 0.29) is 18.1 Å². The van der Waals surface area contributed by atoms with Crippen LogP contribution in [-0.4, -0.2) is 33.9 Å². The van der Waals surface area contributed by atoms with Crippen molar-refractivity contribution in [2.24, 2.45) is 5.41 Å². The quantitative estimate of drug-likeness (QED) is 0.739. The summed E-state index contributed by atoms with van der Waals surface area (Å²) < 4.78 is 34.7. The van der Waals surface area contributed by atoms with Gasteiger partial charge < -0.3 is 14.6 Å². The van der Waals surface area contributed by atoms with Gasteiger partial charge in [0.25, 0.3) is 5.91 Å². The second-order valence-corrected chi connectivity index (χ2v) is 8.91. The Morgan fingerprint density at radius 2 is 2.00 bits per heavy atom. The normalized spacial score (nSPS) is 15.2. The average molecular weight is 433 g/mol. The number of hydrogen-bond acceptors (Lipinski definition) is 4. The maximum absolute atomic E-state index is 13.9. The molecule has 31 heavy (non-hydrogen) atoms. The van der Waals surface area contributed by atoms with E-state index in [0.717, 1.165) is 12.1 Å². The number of aromatic nitrogens is 2. The van der Waals surface area contributed by atoms with Crippen molar-refractivity contribution in [1.29, 1.82) is 0 Å². The molecule has 2 heterocycles. The third-order valence-corrected chi connectivity index (χ3v) is 5.33. The lowest BCUT2D eigenvalue weighted by Crippen LogP contribution is -2.49. The van der Waals surface area contributed by atoms with E-state index in [4.69, 9.17) is 4.74 Å². The van der Waals surface area contributed by atoms with Gasteiger partial charge >= 0.3 is 0 Å². The molecule has 8 heteroatoms. The minimum absolute atomic E-state index is 0.0364. The molecule has 0 spiro atoms. The summed E-state index contributed by atoms with van der Waals surface area (Å²) >= 11 is 0. The molecule has 0 saturated heterocycles. The van der Waals surface area contributed by atoms with Gasteiger partial charge in [0.1, 0.15) is 5.82 Å². The van der Waals surface area contributed by atoms with Crippen LogP contribution in [0, 0.1) is 17.0 Å². The molecule has 6 nitrogen and oxygen atoms in total. The first-order valence-electron chi connectivity index (χ1n) is 10.6. The summed E-state index contributed by atoms with van der Waals surface area (Å²) in [5, 5.41) is 2.86. The smallest absolute Gasteiger partial charge is 0.272 e. The van der Waals surface area contributed by atoms with Crippen molar-refractivity contribution in [3.8, 4) is 11.4 Å². The summed E-state index contributed by atoms with van der Waals surface area (Å²) in [4.78, 5) is 30.4. The summed E-state index contributed by atoms with van der Waals surface area (Å²) in [5.41, 5.74) is 0.596. The molecule has 1 aliphatic heterocycles. The number of ether oxygens (including phenoxy) is 1. The van der Waals surface area contributed by atoms with Crippen molar-refractivity contribution in [2.45, 2.75) is 66.2 Å². The Bertz CT molecular complexity index is 979. The topological polar surface area (TPSA) is 73.2 Å². The molecule has 3 rings (SSSR count). The van der Waals surface area contributed by atoms with Gasteiger partial charge in [-0.3, -0.25) is 9.59 Å². The summed E-state index contributed by atoms with van der Waals surface area (Å²) in [7, 11) is 0. The SMILES string of the molecule is CCCC(=O)[C@@H](NC(=O)c1nc(-c2ccc(F)c(F)c2)n2c1COCCC2)C(C)(C)C. The summed E-state index contributed by atoms with van der Waals surface area (Å²) in [6.45, 7) is 8.82. The molecule has 1 N–H and O–H groups in total. The summed E-state index contributed by atoms with van der Waals surface area (Å²) in [6, 6.07) is 2.87. The molecule has 0 radical (unpaired) electrons. The maximum Gasteiger partial charge on any atom is 0.272 e. The van der Waals surface area contributed by atoms with E-state index in [0.29, 0.717) is 49.5 Å². The lowest BCUT2D eigenvalue weighted by Gasteiger charge is -2.30. The van der Waals surface area contributed by atoms with Crippen LogP contribution >= 0.6 is 0 Å². The second-order valence-electron chi connectivity index (χ2n) is 8.91. The molecule has 0 bridgehead atoms. The number of rotatable bonds is 6. The molecule has 0 fully saturated rings. The Kier molecular flexibility index (Phi) is 6.89. The molecule has 1 atom stereocenters. The van der Waals surface area contributed by atoms with Crippen molar-refractivity contribution in [3.05, 3.63) is 41.2 Å². The lowest BCUT2D eigenvalue weighted by atomic mass is 9.83. The van der Waals surface area contributed by atoms with E-state index >= 15 is 0 Å². The first kappa shape index (κ1) is 23.1. The lowest BCUT2D eigenvalue weighted by molar-refractivity contribution is -0.123.